The third-order valence-corrected chi connectivity index (χ3v) is 3.22. The molecule has 1 N–H and O–H groups in total. The zero-order valence-corrected chi connectivity index (χ0v) is 11.9. The lowest BCUT2D eigenvalue weighted by Gasteiger charge is -2.16. The van der Waals surface area contributed by atoms with Crippen molar-refractivity contribution in [3.05, 3.63) is 41.7 Å². The minimum Gasteiger partial charge on any atom is -0.485 e. The molecule has 1 heterocycles. The van der Waals surface area contributed by atoms with Gasteiger partial charge in [0.05, 0.1) is 0 Å². The van der Waals surface area contributed by atoms with Gasteiger partial charge >= 0.3 is 0 Å². The van der Waals surface area contributed by atoms with Crippen molar-refractivity contribution in [2.45, 2.75) is 33.0 Å². The largest absolute Gasteiger partial charge is 0.485 e. The van der Waals surface area contributed by atoms with Crippen LogP contribution < -0.4 is 10.1 Å². The molecule has 2 aromatic rings. The summed E-state index contributed by atoms with van der Waals surface area (Å²) in [5, 5.41) is 7.17. The molecule has 1 atom stereocenters. The lowest BCUT2D eigenvalue weighted by atomic mass is 10.1. The molecule has 0 aliphatic heterocycles. The van der Waals surface area contributed by atoms with Crippen molar-refractivity contribution in [2.75, 3.05) is 7.05 Å². The normalized spacial score (nSPS) is 12.4. The maximum Gasteiger partial charge on any atom is 0.164 e. The van der Waals surface area contributed by atoms with Crippen molar-refractivity contribution in [3.63, 3.8) is 0 Å². The third-order valence-electron chi connectivity index (χ3n) is 3.22. The molecule has 0 aliphatic rings. The van der Waals surface area contributed by atoms with E-state index in [4.69, 9.17) is 4.74 Å². The van der Waals surface area contributed by atoms with Gasteiger partial charge in [-0.2, -0.15) is 5.10 Å². The van der Waals surface area contributed by atoms with Crippen LogP contribution in [0.15, 0.2) is 24.5 Å². The summed E-state index contributed by atoms with van der Waals surface area (Å²) < 4.78 is 20.9. The Morgan fingerprint density at radius 2 is 2.25 bits per heavy atom. The van der Waals surface area contributed by atoms with Crippen molar-refractivity contribution in [1.82, 2.24) is 20.1 Å². The van der Waals surface area contributed by atoms with Gasteiger partial charge in [0.25, 0.3) is 0 Å². The second-order valence-electron chi connectivity index (χ2n) is 4.47. The summed E-state index contributed by atoms with van der Waals surface area (Å²) in [7, 11) is 1.83. The molecule has 108 valence electrons. The van der Waals surface area contributed by atoms with Gasteiger partial charge in [-0.15, -0.1) is 0 Å². The van der Waals surface area contributed by atoms with Crippen LogP contribution in [0.25, 0.3) is 0 Å². The van der Waals surface area contributed by atoms with Crippen molar-refractivity contribution in [1.29, 1.82) is 0 Å². The lowest BCUT2D eigenvalue weighted by Crippen LogP contribution is -2.15. The molecule has 0 bridgehead atoms. The fourth-order valence-electron chi connectivity index (χ4n) is 1.95. The number of benzene rings is 1. The van der Waals surface area contributed by atoms with Gasteiger partial charge < -0.3 is 10.1 Å². The summed E-state index contributed by atoms with van der Waals surface area (Å²) in [5.74, 6) is 1.13. The molecule has 2 rings (SSSR count). The van der Waals surface area contributed by atoms with Gasteiger partial charge in [-0.1, -0.05) is 0 Å². The van der Waals surface area contributed by atoms with E-state index in [0.717, 1.165) is 17.9 Å². The Morgan fingerprint density at radius 3 is 2.95 bits per heavy atom. The van der Waals surface area contributed by atoms with E-state index in [1.54, 1.807) is 10.7 Å². The molecule has 6 heteroatoms. The fraction of sp³-hybridized carbons (Fsp3) is 0.429. The average molecular weight is 278 g/mol. The SMILES string of the molecule is CCn1ncnc1COc1ccc(F)cc1C(C)NC. The number of nitrogens with zero attached hydrogens (tertiary/aromatic N) is 3. The highest BCUT2D eigenvalue weighted by molar-refractivity contribution is 5.36. The molecule has 0 amide bonds. The predicted octanol–water partition coefficient (Wildman–Crippen LogP) is 2.30. The molecule has 0 saturated carbocycles. The Labute approximate surface area is 117 Å². The van der Waals surface area contributed by atoms with E-state index in [-0.39, 0.29) is 11.9 Å². The van der Waals surface area contributed by atoms with Crippen LogP contribution >= 0.6 is 0 Å². The highest BCUT2D eigenvalue weighted by atomic mass is 19.1. The van der Waals surface area contributed by atoms with Gasteiger partial charge in [-0.05, 0) is 39.1 Å². The number of nitrogens with one attached hydrogen (secondary N) is 1. The molecular formula is C14H19FN4O. The first-order valence-corrected chi connectivity index (χ1v) is 6.62. The molecule has 1 unspecified atom stereocenters. The molecule has 1 aromatic heterocycles. The summed E-state index contributed by atoms with van der Waals surface area (Å²) in [6, 6.07) is 4.53. The van der Waals surface area contributed by atoms with Gasteiger partial charge in [-0.25, -0.2) is 14.1 Å². The van der Waals surface area contributed by atoms with E-state index in [1.807, 2.05) is 20.9 Å². The van der Waals surface area contributed by atoms with E-state index in [1.165, 1.54) is 18.5 Å². The molecule has 20 heavy (non-hydrogen) atoms. The summed E-state index contributed by atoms with van der Waals surface area (Å²) in [5.41, 5.74) is 0.787. The minimum atomic E-state index is -0.272. The van der Waals surface area contributed by atoms with E-state index in [9.17, 15) is 4.39 Å². The Hall–Kier alpha value is -1.95. The average Bonchev–Trinajstić information content (AvgIpc) is 2.92. The monoisotopic (exact) mass is 278 g/mol. The number of hydrogen-bond donors (Lipinski definition) is 1. The maximum absolute atomic E-state index is 13.4. The fourth-order valence-corrected chi connectivity index (χ4v) is 1.95. The van der Waals surface area contributed by atoms with Crippen LogP contribution in [0.4, 0.5) is 4.39 Å². The maximum atomic E-state index is 13.4. The lowest BCUT2D eigenvalue weighted by molar-refractivity contribution is 0.281. The molecule has 1 aromatic carbocycles. The highest BCUT2D eigenvalue weighted by Gasteiger charge is 2.12. The van der Waals surface area contributed by atoms with Crippen LogP contribution in [0.3, 0.4) is 0 Å². The summed E-state index contributed by atoms with van der Waals surface area (Å²) in [6.45, 7) is 4.99. The van der Waals surface area contributed by atoms with Crippen LogP contribution in [-0.2, 0) is 13.2 Å². The van der Waals surface area contributed by atoms with Gasteiger partial charge in [0.1, 0.15) is 24.5 Å². The van der Waals surface area contributed by atoms with Crippen LogP contribution in [0.2, 0.25) is 0 Å². The molecule has 0 saturated heterocycles. The van der Waals surface area contributed by atoms with E-state index in [2.05, 4.69) is 15.4 Å². The number of hydrogen-bond acceptors (Lipinski definition) is 4. The van der Waals surface area contributed by atoms with Crippen molar-refractivity contribution in [2.24, 2.45) is 0 Å². The minimum absolute atomic E-state index is 0.00439. The van der Waals surface area contributed by atoms with Crippen LogP contribution in [0.5, 0.6) is 5.75 Å². The summed E-state index contributed by atoms with van der Waals surface area (Å²) in [6.07, 6.45) is 1.50. The Kier molecular flexibility index (Phi) is 4.68. The summed E-state index contributed by atoms with van der Waals surface area (Å²) >= 11 is 0. The molecule has 0 fully saturated rings. The number of ether oxygens (including phenoxy) is 1. The van der Waals surface area contributed by atoms with Gasteiger partial charge in [0.2, 0.25) is 0 Å². The predicted molar refractivity (Wildman–Crippen MR) is 73.9 cm³/mol. The van der Waals surface area contributed by atoms with E-state index >= 15 is 0 Å². The van der Waals surface area contributed by atoms with Crippen LogP contribution in [0.1, 0.15) is 31.3 Å². The zero-order valence-electron chi connectivity index (χ0n) is 11.9. The van der Waals surface area contributed by atoms with Crippen molar-refractivity contribution in [3.8, 4) is 5.75 Å². The second kappa shape index (κ2) is 6.47. The topological polar surface area (TPSA) is 52.0 Å². The first-order chi connectivity index (χ1) is 9.65. The van der Waals surface area contributed by atoms with Crippen LogP contribution in [0, 0.1) is 5.82 Å². The highest BCUT2D eigenvalue weighted by Crippen LogP contribution is 2.26. The van der Waals surface area contributed by atoms with Crippen LogP contribution in [-0.4, -0.2) is 21.8 Å². The molecule has 5 nitrogen and oxygen atoms in total. The third kappa shape index (κ3) is 3.14. The number of aromatic nitrogens is 3. The zero-order chi connectivity index (χ0) is 14.5. The standard InChI is InChI=1S/C14H19FN4O/c1-4-19-14(17-9-18-19)8-20-13-6-5-11(15)7-12(13)10(2)16-3/h5-7,9-10,16H,4,8H2,1-3H3. The molecule has 0 radical (unpaired) electrons. The molecule has 0 spiro atoms. The Morgan fingerprint density at radius 1 is 1.45 bits per heavy atom. The molecular weight excluding hydrogens is 259 g/mol. The summed E-state index contributed by atoms with van der Waals surface area (Å²) in [4.78, 5) is 4.15. The molecule has 0 aliphatic carbocycles. The van der Waals surface area contributed by atoms with Gasteiger partial charge in [0, 0.05) is 18.2 Å². The Balaban J connectivity index is 2.17. The van der Waals surface area contributed by atoms with Crippen molar-refractivity contribution < 1.29 is 9.13 Å². The quantitative estimate of drug-likeness (QED) is 0.881. The number of aryl methyl sites for hydroxylation is 1. The first kappa shape index (κ1) is 14.5. The first-order valence-electron chi connectivity index (χ1n) is 6.62. The van der Waals surface area contributed by atoms with Gasteiger partial charge in [-0.3, -0.25) is 0 Å². The van der Waals surface area contributed by atoms with E-state index in [0.29, 0.717) is 12.4 Å². The van der Waals surface area contributed by atoms with E-state index < -0.39 is 0 Å². The smallest absolute Gasteiger partial charge is 0.164 e. The van der Waals surface area contributed by atoms with Crippen molar-refractivity contribution >= 4 is 0 Å². The number of rotatable bonds is 6. The number of halogens is 1. The second-order valence-corrected chi connectivity index (χ2v) is 4.47. The van der Waals surface area contributed by atoms with Gasteiger partial charge in [0.15, 0.2) is 5.82 Å². The Bertz CT molecular complexity index is 570.